The molecule has 37 heavy (non-hydrogen) atoms. The van der Waals surface area contributed by atoms with Gasteiger partial charge in [-0.1, -0.05) is 103 Å². The molecule has 2 rings (SSSR count). The number of unbranched alkanes of at least 4 members (excludes halogenated alkanes) is 13. The number of ether oxygens (including phenoxy) is 2. The summed E-state index contributed by atoms with van der Waals surface area (Å²) in [5, 5.41) is 0. The van der Waals surface area contributed by atoms with Crippen molar-refractivity contribution >= 4 is 21.7 Å². The van der Waals surface area contributed by atoms with Crippen LogP contribution < -0.4 is 9.46 Å². The van der Waals surface area contributed by atoms with Crippen molar-refractivity contribution in [3.05, 3.63) is 54.1 Å². The summed E-state index contributed by atoms with van der Waals surface area (Å²) in [6.07, 6.45) is 18.4. The van der Waals surface area contributed by atoms with Gasteiger partial charge in [0, 0.05) is 0 Å². The van der Waals surface area contributed by atoms with E-state index in [0.29, 0.717) is 12.4 Å². The Morgan fingerprint density at radius 1 is 0.730 bits per heavy atom. The topological polar surface area (TPSA) is 81.7 Å². The Labute approximate surface area is 224 Å². The molecule has 0 unspecified atom stereocenters. The van der Waals surface area contributed by atoms with E-state index in [9.17, 15) is 13.2 Å². The highest BCUT2D eigenvalue weighted by molar-refractivity contribution is 7.92. The molecular formula is C30H45NO5S. The number of esters is 1. The molecule has 7 heteroatoms. The Hall–Kier alpha value is -2.54. The molecule has 0 radical (unpaired) electrons. The summed E-state index contributed by atoms with van der Waals surface area (Å²) in [7, 11) is -2.60. The number of hydrogen-bond donors (Lipinski definition) is 1. The van der Waals surface area contributed by atoms with Crippen LogP contribution in [0.1, 0.15) is 107 Å². The van der Waals surface area contributed by atoms with Gasteiger partial charge in [0.1, 0.15) is 5.75 Å². The Morgan fingerprint density at radius 2 is 1.24 bits per heavy atom. The standard InChI is InChI=1S/C30H45NO5S/c1-3-4-5-6-7-8-9-10-11-12-13-14-15-18-25-36-26-21-23-27(24-22-26)37(33,34)31-29-20-17-16-19-28(29)30(32)35-2/h16-17,19-24,31H,3-15,18,25H2,1-2H3. The van der Waals surface area contributed by atoms with Gasteiger partial charge in [0.25, 0.3) is 10.0 Å². The third-order valence-electron chi connectivity index (χ3n) is 6.48. The lowest BCUT2D eigenvalue weighted by Gasteiger charge is -2.12. The van der Waals surface area contributed by atoms with Crippen LogP contribution in [-0.4, -0.2) is 28.1 Å². The number of carbonyl (C=O) groups is 1. The van der Waals surface area contributed by atoms with E-state index < -0.39 is 16.0 Å². The fourth-order valence-electron chi connectivity index (χ4n) is 4.27. The predicted molar refractivity (Wildman–Crippen MR) is 151 cm³/mol. The Balaban J connectivity index is 1.60. The van der Waals surface area contributed by atoms with Crippen molar-refractivity contribution in [2.24, 2.45) is 0 Å². The third kappa shape index (κ3) is 12.0. The fourth-order valence-corrected chi connectivity index (χ4v) is 5.35. The zero-order valence-corrected chi connectivity index (χ0v) is 23.5. The number of methoxy groups -OCH3 is 1. The molecule has 0 atom stereocenters. The fraction of sp³-hybridized carbons (Fsp3) is 0.567. The highest BCUT2D eigenvalue weighted by Gasteiger charge is 2.19. The molecule has 0 saturated heterocycles. The van der Waals surface area contributed by atoms with Crippen LogP contribution in [0.3, 0.4) is 0 Å². The average Bonchev–Trinajstić information content (AvgIpc) is 2.91. The molecule has 2 aromatic rings. The molecule has 0 aromatic heterocycles. The first-order valence-corrected chi connectivity index (χ1v) is 15.4. The zero-order valence-electron chi connectivity index (χ0n) is 22.7. The van der Waals surface area contributed by atoms with E-state index in [1.165, 1.54) is 108 Å². The van der Waals surface area contributed by atoms with Crippen LogP contribution in [0.2, 0.25) is 0 Å². The minimum Gasteiger partial charge on any atom is -0.494 e. The number of carbonyl (C=O) groups excluding carboxylic acids is 1. The molecule has 0 bridgehead atoms. The van der Waals surface area contributed by atoms with Gasteiger partial charge in [-0.15, -0.1) is 0 Å². The monoisotopic (exact) mass is 531 g/mol. The minimum atomic E-state index is -3.86. The second-order valence-corrected chi connectivity index (χ2v) is 11.2. The molecule has 2 aromatic carbocycles. The molecule has 0 heterocycles. The molecule has 206 valence electrons. The summed E-state index contributed by atoms with van der Waals surface area (Å²) in [6, 6.07) is 12.7. The molecular weight excluding hydrogens is 486 g/mol. The highest BCUT2D eigenvalue weighted by atomic mass is 32.2. The number of benzene rings is 2. The van der Waals surface area contributed by atoms with Crippen LogP contribution in [0.25, 0.3) is 0 Å². The van der Waals surface area contributed by atoms with Gasteiger partial charge < -0.3 is 9.47 Å². The van der Waals surface area contributed by atoms with E-state index in [4.69, 9.17) is 9.47 Å². The van der Waals surface area contributed by atoms with Crippen LogP contribution in [0.15, 0.2) is 53.4 Å². The first kappa shape index (κ1) is 30.7. The lowest BCUT2D eigenvalue weighted by atomic mass is 10.0. The number of para-hydroxylation sites is 1. The molecule has 0 aliphatic heterocycles. The van der Waals surface area contributed by atoms with E-state index in [0.717, 1.165) is 12.8 Å². The average molecular weight is 532 g/mol. The molecule has 6 nitrogen and oxygen atoms in total. The summed E-state index contributed by atoms with van der Waals surface area (Å²) in [5.74, 6) is 0.0363. The normalized spacial score (nSPS) is 11.3. The van der Waals surface area contributed by atoms with E-state index >= 15 is 0 Å². The van der Waals surface area contributed by atoms with Crippen LogP contribution in [0.5, 0.6) is 5.75 Å². The largest absolute Gasteiger partial charge is 0.494 e. The first-order valence-electron chi connectivity index (χ1n) is 13.9. The van der Waals surface area contributed by atoms with Crippen LogP contribution in [0.4, 0.5) is 5.69 Å². The van der Waals surface area contributed by atoms with Gasteiger partial charge in [0.05, 0.1) is 29.9 Å². The smallest absolute Gasteiger partial charge is 0.339 e. The predicted octanol–water partition coefficient (Wildman–Crippen LogP) is 8.13. The second kappa shape index (κ2) is 17.8. The second-order valence-electron chi connectivity index (χ2n) is 9.56. The van der Waals surface area contributed by atoms with Crippen LogP contribution in [-0.2, 0) is 14.8 Å². The van der Waals surface area contributed by atoms with Gasteiger partial charge in [-0.2, -0.15) is 0 Å². The van der Waals surface area contributed by atoms with Crippen molar-refractivity contribution in [1.82, 2.24) is 0 Å². The number of hydrogen-bond acceptors (Lipinski definition) is 5. The van der Waals surface area contributed by atoms with Crippen molar-refractivity contribution in [3.63, 3.8) is 0 Å². The Kier molecular flexibility index (Phi) is 14.8. The van der Waals surface area contributed by atoms with Crippen LogP contribution >= 0.6 is 0 Å². The number of sulfonamides is 1. The van der Waals surface area contributed by atoms with Gasteiger partial charge in [0.2, 0.25) is 0 Å². The molecule has 0 aliphatic carbocycles. The zero-order chi connectivity index (χ0) is 26.8. The van der Waals surface area contributed by atoms with Crippen molar-refractivity contribution < 1.29 is 22.7 Å². The molecule has 0 fully saturated rings. The van der Waals surface area contributed by atoms with Gasteiger partial charge in [-0.3, -0.25) is 4.72 Å². The Morgan fingerprint density at radius 3 is 1.78 bits per heavy atom. The SMILES string of the molecule is CCCCCCCCCCCCCCCCOc1ccc(S(=O)(=O)Nc2ccccc2C(=O)OC)cc1. The maximum Gasteiger partial charge on any atom is 0.339 e. The van der Waals surface area contributed by atoms with Crippen LogP contribution in [0, 0.1) is 0 Å². The maximum atomic E-state index is 12.8. The molecule has 0 aliphatic rings. The maximum absolute atomic E-state index is 12.8. The molecule has 0 spiro atoms. The van der Waals surface area contributed by atoms with Crippen molar-refractivity contribution in [2.45, 2.75) is 102 Å². The van der Waals surface area contributed by atoms with Crippen molar-refractivity contribution in [1.29, 1.82) is 0 Å². The summed E-state index contributed by atoms with van der Waals surface area (Å²) in [6.45, 7) is 2.88. The summed E-state index contributed by atoms with van der Waals surface area (Å²) in [5.41, 5.74) is 0.328. The quantitative estimate of drug-likeness (QED) is 0.138. The summed E-state index contributed by atoms with van der Waals surface area (Å²) < 4.78 is 38.5. The van der Waals surface area contributed by atoms with Gasteiger partial charge in [-0.05, 0) is 42.8 Å². The van der Waals surface area contributed by atoms with Crippen molar-refractivity contribution in [2.75, 3.05) is 18.4 Å². The molecule has 1 N–H and O–H groups in total. The number of nitrogens with one attached hydrogen (secondary N) is 1. The Bertz CT molecular complexity index is 1000. The van der Waals surface area contributed by atoms with E-state index in [-0.39, 0.29) is 16.1 Å². The third-order valence-corrected chi connectivity index (χ3v) is 7.86. The summed E-state index contributed by atoms with van der Waals surface area (Å²) >= 11 is 0. The van der Waals surface area contributed by atoms with Crippen molar-refractivity contribution in [3.8, 4) is 5.75 Å². The lowest BCUT2D eigenvalue weighted by molar-refractivity contribution is 0.0602. The highest BCUT2D eigenvalue weighted by Crippen LogP contribution is 2.23. The number of rotatable bonds is 20. The van der Waals surface area contributed by atoms with E-state index in [1.807, 2.05) is 0 Å². The minimum absolute atomic E-state index is 0.0935. The first-order chi connectivity index (χ1) is 18.0. The van der Waals surface area contributed by atoms with E-state index in [1.54, 1.807) is 24.3 Å². The summed E-state index contributed by atoms with van der Waals surface area (Å²) in [4.78, 5) is 12.0. The van der Waals surface area contributed by atoms with Gasteiger partial charge in [0.15, 0.2) is 0 Å². The lowest BCUT2D eigenvalue weighted by Crippen LogP contribution is -2.16. The van der Waals surface area contributed by atoms with Gasteiger partial charge in [-0.25, -0.2) is 13.2 Å². The number of anilines is 1. The molecule has 0 saturated carbocycles. The van der Waals surface area contributed by atoms with Gasteiger partial charge >= 0.3 is 5.97 Å². The molecule has 0 amide bonds. The van der Waals surface area contributed by atoms with E-state index in [2.05, 4.69) is 11.6 Å².